The number of rotatable bonds is 11. The molecule has 2 amide bonds. The molecule has 1 aliphatic carbocycles. The number of amides is 2. The lowest BCUT2D eigenvalue weighted by Crippen LogP contribution is -2.55. The van der Waals surface area contributed by atoms with E-state index in [0.29, 0.717) is 5.02 Å². The van der Waals surface area contributed by atoms with E-state index in [9.17, 15) is 22.4 Å². The van der Waals surface area contributed by atoms with Crippen LogP contribution in [0.1, 0.15) is 43.2 Å². The van der Waals surface area contributed by atoms with Crippen molar-refractivity contribution < 1.29 is 22.4 Å². The summed E-state index contributed by atoms with van der Waals surface area (Å²) in [7, 11) is -3.92. The molecule has 1 atom stereocenters. The SMILES string of the molecule is CS(=O)(=O)N(CC(=O)N(Cc1ccccc1F)C(Cc1ccccc1)C(=O)NC1CCCCC1)c1cccc(Cl)c1. The van der Waals surface area contributed by atoms with Gasteiger partial charge >= 0.3 is 0 Å². The topological polar surface area (TPSA) is 86.8 Å². The zero-order valence-electron chi connectivity index (χ0n) is 23.0. The van der Waals surface area contributed by atoms with Gasteiger partial charge in [-0.15, -0.1) is 0 Å². The summed E-state index contributed by atoms with van der Waals surface area (Å²) in [6, 6.07) is 20.5. The van der Waals surface area contributed by atoms with Crippen LogP contribution in [-0.4, -0.2) is 50.0 Å². The highest BCUT2D eigenvalue weighted by molar-refractivity contribution is 7.92. The fraction of sp³-hybridized carbons (Fsp3) is 0.355. The molecule has 0 radical (unpaired) electrons. The Kier molecular flexibility index (Phi) is 10.4. The van der Waals surface area contributed by atoms with Gasteiger partial charge in [0, 0.05) is 29.6 Å². The molecule has 10 heteroatoms. The molecular formula is C31H35ClFN3O4S. The van der Waals surface area contributed by atoms with Crippen LogP contribution in [-0.2, 0) is 32.6 Å². The summed E-state index contributed by atoms with van der Waals surface area (Å²) < 4.78 is 41.5. The number of nitrogens with one attached hydrogen (secondary N) is 1. The Morgan fingerprint density at radius 1 is 0.976 bits per heavy atom. The van der Waals surface area contributed by atoms with Crippen molar-refractivity contribution in [1.82, 2.24) is 10.2 Å². The predicted octanol–water partition coefficient (Wildman–Crippen LogP) is 5.33. The second-order valence-electron chi connectivity index (χ2n) is 10.4. The summed E-state index contributed by atoms with van der Waals surface area (Å²) in [5, 5.41) is 3.43. The molecule has 1 fully saturated rings. The van der Waals surface area contributed by atoms with Crippen molar-refractivity contribution in [3.8, 4) is 0 Å². The van der Waals surface area contributed by atoms with Gasteiger partial charge in [-0.2, -0.15) is 0 Å². The van der Waals surface area contributed by atoms with E-state index in [1.54, 1.807) is 36.4 Å². The Balaban J connectivity index is 1.73. The molecule has 1 N–H and O–H groups in total. The zero-order valence-corrected chi connectivity index (χ0v) is 24.6. The van der Waals surface area contributed by atoms with Crippen molar-refractivity contribution in [1.29, 1.82) is 0 Å². The summed E-state index contributed by atoms with van der Waals surface area (Å²) in [5.41, 5.74) is 1.25. The maximum absolute atomic E-state index is 14.9. The van der Waals surface area contributed by atoms with Crippen molar-refractivity contribution in [3.63, 3.8) is 0 Å². The van der Waals surface area contributed by atoms with Crippen LogP contribution >= 0.6 is 11.6 Å². The van der Waals surface area contributed by atoms with E-state index >= 15 is 0 Å². The predicted molar refractivity (Wildman–Crippen MR) is 160 cm³/mol. The molecule has 1 aliphatic rings. The highest BCUT2D eigenvalue weighted by atomic mass is 35.5. The first kappa shape index (κ1) is 30.5. The van der Waals surface area contributed by atoms with Crippen molar-refractivity contribution >= 4 is 39.1 Å². The van der Waals surface area contributed by atoms with Crippen molar-refractivity contribution in [2.75, 3.05) is 17.1 Å². The minimum atomic E-state index is -3.92. The fourth-order valence-electron chi connectivity index (χ4n) is 5.15. The number of carbonyl (C=O) groups excluding carboxylic acids is 2. The quantitative estimate of drug-likeness (QED) is 0.323. The molecule has 7 nitrogen and oxygen atoms in total. The number of carbonyl (C=O) groups is 2. The van der Waals surface area contributed by atoms with Gasteiger partial charge in [-0.25, -0.2) is 12.8 Å². The van der Waals surface area contributed by atoms with Crippen LogP contribution in [0, 0.1) is 5.82 Å². The standard InChI is InChI=1S/C31H35ClFN3O4S/c1-41(39,40)36(27-17-10-14-25(32)20-27)22-30(37)35(21-24-13-8-9-18-28(24)33)29(19-23-11-4-2-5-12-23)31(38)34-26-15-6-3-7-16-26/h2,4-5,8-14,17-18,20,26,29H,3,6-7,15-16,19,21-22H2,1H3,(H,34,38). The van der Waals surface area contributed by atoms with E-state index in [4.69, 9.17) is 11.6 Å². The number of nitrogens with zero attached hydrogens (tertiary/aromatic N) is 2. The third-order valence-corrected chi connectivity index (χ3v) is 8.67. The van der Waals surface area contributed by atoms with Gasteiger partial charge in [0.15, 0.2) is 0 Å². The molecular weight excluding hydrogens is 565 g/mol. The Labute approximate surface area is 246 Å². The maximum Gasteiger partial charge on any atom is 0.244 e. The van der Waals surface area contributed by atoms with Gasteiger partial charge in [0.25, 0.3) is 0 Å². The molecule has 0 aliphatic heterocycles. The minimum Gasteiger partial charge on any atom is -0.352 e. The summed E-state index contributed by atoms with van der Waals surface area (Å²) in [6.07, 6.45) is 6.01. The van der Waals surface area contributed by atoms with Crippen LogP contribution < -0.4 is 9.62 Å². The van der Waals surface area contributed by atoms with E-state index < -0.39 is 34.3 Å². The van der Waals surface area contributed by atoms with E-state index in [0.717, 1.165) is 48.2 Å². The van der Waals surface area contributed by atoms with Gasteiger partial charge in [0.2, 0.25) is 21.8 Å². The normalized spacial score (nSPS) is 14.7. The van der Waals surface area contributed by atoms with E-state index in [2.05, 4.69) is 5.32 Å². The van der Waals surface area contributed by atoms with Crippen LogP contribution in [0.4, 0.5) is 10.1 Å². The smallest absolute Gasteiger partial charge is 0.244 e. The Morgan fingerprint density at radius 2 is 1.66 bits per heavy atom. The van der Waals surface area contributed by atoms with Crippen molar-refractivity contribution in [2.45, 2.75) is 57.2 Å². The second-order valence-corrected chi connectivity index (χ2v) is 12.8. The second kappa shape index (κ2) is 14.0. The number of halogens is 2. The zero-order chi connectivity index (χ0) is 29.4. The van der Waals surface area contributed by atoms with Crippen molar-refractivity contribution in [2.24, 2.45) is 0 Å². The highest BCUT2D eigenvalue weighted by Crippen LogP contribution is 2.24. The Bertz CT molecular complexity index is 1450. The molecule has 41 heavy (non-hydrogen) atoms. The molecule has 0 aromatic heterocycles. The van der Waals surface area contributed by atoms with Crippen LogP contribution in [0.25, 0.3) is 0 Å². The van der Waals surface area contributed by atoms with Gasteiger partial charge in [0.1, 0.15) is 18.4 Å². The van der Waals surface area contributed by atoms with E-state index in [1.807, 2.05) is 30.3 Å². The van der Waals surface area contributed by atoms with Gasteiger partial charge < -0.3 is 10.2 Å². The van der Waals surface area contributed by atoms with Crippen LogP contribution in [0.5, 0.6) is 0 Å². The van der Waals surface area contributed by atoms with Gasteiger partial charge in [0.05, 0.1) is 11.9 Å². The summed E-state index contributed by atoms with van der Waals surface area (Å²) in [5.74, 6) is -1.51. The average Bonchev–Trinajstić information content (AvgIpc) is 2.95. The first-order chi connectivity index (χ1) is 19.6. The molecule has 4 rings (SSSR count). The summed E-state index contributed by atoms with van der Waals surface area (Å²) in [4.78, 5) is 29.3. The van der Waals surface area contributed by atoms with Crippen LogP contribution in [0.2, 0.25) is 5.02 Å². The van der Waals surface area contributed by atoms with Crippen molar-refractivity contribution in [3.05, 3.63) is 101 Å². The first-order valence-corrected chi connectivity index (χ1v) is 15.9. The number of sulfonamides is 1. The van der Waals surface area contributed by atoms with Gasteiger partial charge in [-0.3, -0.25) is 13.9 Å². The van der Waals surface area contributed by atoms with Gasteiger partial charge in [-0.05, 0) is 42.7 Å². The lowest BCUT2D eigenvalue weighted by molar-refractivity contribution is -0.140. The molecule has 3 aromatic rings. The number of benzene rings is 3. The third kappa shape index (κ3) is 8.53. The molecule has 1 saturated carbocycles. The number of anilines is 1. The van der Waals surface area contributed by atoms with Crippen LogP contribution in [0.3, 0.4) is 0 Å². The molecule has 0 saturated heterocycles. The van der Waals surface area contributed by atoms with E-state index in [1.165, 1.54) is 17.0 Å². The largest absolute Gasteiger partial charge is 0.352 e. The molecule has 1 unspecified atom stereocenters. The monoisotopic (exact) mass is 599 g/mol. The highest BCUT2D eigenvalue weighted by Gasteiger charge is 2.34. The molecule has 0 spiro atoms. The molecule has 218 valence electrons. The number of hydrogen-bond acceptors (Lipinski definition) is 4. The van der Waals surface area contributed by atoms with Gasteiger partial charge in [-0.1, -0.05) is 85.5 Å². The summed E-state index contributed by atoms with van der Waals surface area (Å²) in [6.45, 7) is -0.802. The number of hydrogen-bond donors (Lipinski definition) is 1. The Morgan fingerprint density at radius 3 is 2.32 bits per heavy atom. The lowest BCUT2D eigenvalue weighted by Gasteiger charge is -2.35. The lowest BCUT2D eigenvalue weighted by atomic mass is 9.94. The average molecular weight is 600 g/mol. The summed E-state index contributed by atoms with van der Waals surface area (Å²) >= 11 is 6.13. The Hall–Kier alpha value is -3.43. The fourth-order valence-corrected chi connectivity index (χ4v) is 6.18. The first-order valence-electron chi connectivity index (χ1n) is 13.7. The molecule has 3 aromatic carbocycles. The molecule has 0 heterocycles. The molecule has 0 bridgehead atoms. The van der Waals surface area contributed by atoms with Crippen LogP contribution in [0.15, 0.2) is 78.9 Å². The maximum atomic E-state index is 14.9. The third-order valence-electron chi connectivity index (χ3n) is 7.30. The van der Waals surface area contributed by atoms with E-state index in [-0.39, 0.29) is 36.2 Å². The minimum absolute atomic E-state index is 0.0149.